The van der Waals surface area contributed by atoms with Crippen molar-refractivity contribution in [3.63, 3.8) is 0 Å². The molecule has 0 amide bonds. The summed E-state index contributed by atoms with van der Waals surface area (Å²) in [4.78, 5) is 0. The summed E-state index contributed by atoms with van der Waals surface area (Å²) in [5, 5.41) is 2.17. The molecule has 2 aliphatic rings. The molecule has 2 aliphatic heterocycles. The molecule has 5 rings (SSSR count). The van der Waals surface area contributed by atoms with Gasteiger partial charge in [0.05, 0.1) is 25.2 Å². The molecule has 29 heavy (non-hydrogen) atoms. The molecule has 2 aromatic carbocycles. The number of hydrogen-bond acceptors (Lipinski definition) is 4. The predicted octanol–water partition coefficient (Wildman–Crippen LogP) is 5.15. The molecule has 0 bridgehead atoms. The molecule has 0 spiro atoms. The third-order valence-corrected chi connectivity index (χ3v) is 5.00. The van der Waals surface area contributed by atoms with Gasteiger partial charge in [-0.3, -0.25) is 0 Å². The fraction of sp³-hybridized carbons (Fsp3) is 0.375. The molecule has 0 unspecified atom stereocenters. The van der Waals surface area contributed by atoms with Crippen LogP contribution < -0.4 is 23.5 Å². The maximum Gasteiger partial charge on any atom is 0.231 e. The van der Waals surface area contributed by atoms with Crippen molar-refractivity contribution in [2.24, 2.45) is 0 Å². The van der Waals surface area contributed by atoms with Gasteiger partial charge in [0.15, 0.2) is 35.7 Å². The predicted molar refractivity (Wildman–Crippen MR) is 115 cm³/mol. The zero-order valence-corrected chi connectivity index (χ0v) is 18.2. The summed E-state index contributed by atoms with van der Waals surface area (Å²) in [6.45, 7) is 9.21. The first-order valence-electron chi connectivity index (χ1n) is 10.3. The van der Waals surface area contributed by atoms with Crippen LogP contribution in [0.1, 0.15) is 33.3 Å². The van der Waals surface area contributed by atoms with E-state index in [1.165, 1.54) is 16.8 Å². The lowest BCUT2D eigenvalue weighted by atomic mass is 9.95. The molecular formula is C24H30NO4+. The van der Waals surface area contributed by atoms with Crippen LogP contribution in [0.5, 0.6) is 23.0 Å². The molecule has 5 nitrogen and oxygen atoms in total. The lowest BCUT2D eigenvalue weighted by Crippen LogP contribution is -2.40. The number of methoxy groups -OCH3 is 2. The SMILES string of the molecule is CC.CC.COc1ccc2cc3[n+](cc2c1OC)CCc1cc2c(cc1-3)OCO2. The second kappa shape index (κ2) is 9.03. The zero-order valence-electron chi connectivity index (χ0n) is 18.2. The van der Waals surface area contributed by atoms with Crippen molar-refractivity contribution in [2.75, 3.05) is 21.0 Å². The molecule has 0 aliphatic carbocycles. The number of fused-ring (bicyclic) bond motifs is 5. The van der Waals surface area contributed by atoms with E-state index in [2.05, 4.69) is 35.0 Å². The molecule has 0 fully saturated rings. The molecule has 0 N–H and O–H groups in total. The van der Waals surface area contributed by atoms with Gasteiger partial charge in [-0.15, -0.1) is 0 Å². The third-order valence-electron chi connectivity index (χ3n) is 5.00. The lowest BCUT2D eigenvalue weighted by Gasteiger charge is -2.17. The monoisotopic (exact) mass is 396 g/mol. The highest BCUT2D eigenvalue weighted by molar-refractivity contribution is 5.91. The van der Waals surface area contributed by atoms with Gasteiger partial charge in [-0.2, -0.15) is 4.57 Å². The first kappa shape index (κ1) is 20.8. The van der Waals surface area contributed by atoms with Gasteiger partial charge in [0, 0.05) is 12.5 Å². The van der Waals surface area contributed by atoms with Crippen LogP contribution in [0.4, 0.5) is 0 Å². The van der Waals surface area contributed by atoms with E-state index in [4.69, 9.17) is 18.9 Å². The molecule has 3 heterocycles. The van der Waals surface area contributed by atoms with E-state index in [-0.39, 0.29) is 0 Å². The van der Waals surface area contributed by atoms with Crippen LogP contribution in [0.3, 0.4) is 0 Å². The third kappa shape index (κ3) is 3.57. The van der Waals surface area contributed by atoms with E-state index >= 15 is 0 Å². The molecular weight excluding hydrogens is 366 g/mol. The zero-order chi connectivity index (χ0) is 21.0. The van der Waals surface area contributed by atoms with Crippen molar-refractivity contribution in [3.8, 4) is 34.3 Å². The van der Waals surface area contributed by atoms with Crippen molar-refractivity contribution >= 4 is 10.8 Å². The van der Waals surface area contributed by atoms with Crippen molar-refractivity contribution in [1.82, 2.24) is 0 Å². The fourth-order valence-corrected chi connectivity index (χ4v) is 3.77. The van der Waals surface area contributed by atoms with Gasteiger partial charge in [-0.05, 0) is 35.2 Å². The number of nitrogens with zero attached hydrogens (tertiary/aromatic N) is 1. The Kier molecular flexibility index (Phi) is 6.47. The standard InChI is InChI=1S/C20H18NO4.2C2H6/c1-22-17-4-3-12-7-16-14-9-19-18(24-11-25-19)8-13(14)5-6-21(16)10-15(12)20(17)23-2;2*1-2/h3-4,7-10H,5-6,11H2,1-2H3;2*1-2H3/q+1;;. The number of benzene rings is 2. The Bertz CT molecular complexity index is 1010. The molecule has 154 valence electrons. The van der Waals surface area contributed by atoms with E-state index in [0.29, 0.717) is 6.79 Å². The van der Waals surface area contributed by atoms with E-state index < -0.39 is 0 Å². The highest BCUT2D eigenvalue weighted by Gasteiger charge is 2.28. The van der Waals surface area contributed by atoms with E-state index in [1.54, 1.807) is 14.2 Å². The van der Waals surface area contributed by atoms with Gasteiger partial charge >= 0.3 is 0 Å². The minimum Gasteiger partial charge on any atom is -0.493 e. The van der Waals surface area contributed by atoms with Crippen LogP contribution in [0.25, 0.3) is 22.0 Å². The molecule has 0 radical (unpaired) electrons. The maximum atomic E-state index is 5.60. The van der Waals surface area contributed by atoms with Crippen LogP contribution in [0.2, 0.25) is 0 Å². The van der Waals surface area contributed by atoms with Gasteiger partial charge in [-0.25, -0.2) is 0 Å². The number of aryl methyl sites for hydroxylation is 2. The second-order valence-electron chi connectivity index (χ2n) is 6.27. The Balaban J connectivity index is 0.000000568. The number of rotatable bonds is 2. The molecule has 0 saturated heterocycles. The number of ether oxygens (including phenoxy) is 4. The van der Waals surface area contributed by atoms with Crippen LogP contribution in [-0.2, 0) is 13.0 Å². The van der Waals surface area contributed by atoms with Gasteiger partial charge < -0.3 is 18.9 Å². The average molecular weight is 397 g/mol. The summed E-state index contributed by atoms with van der Waals surface area (Å²) in [5.74, 6) is 3.18. The Morgan fingerprint density at radius 2 is 1.62 bits per heavy atom. The van der Waals surface area contributed by atoms with Crippen molar-refractivity contribution in [3.05, 3.63) is 42.1 Å². The Morgan fingerprint density at radius 3 is 2.31 bits per heavy atom. The number of aromatic nitrogens is 1. The van der Waals surface area contributed by atoms with Gasteiger partial charge in [0.25, 0.3) is 0 Å². The van der Waals surface area contributed by atoms with E-state index in [1.807, 2.05) is 33.8 Å². The summed E-state index contributed by atoms with van der Waals surface area (Å²) in [7, 11) is 3.34. The van der Waals surface area contributed by atoms with Gasteiger partial charge in [0.1, 0.15) is 0 Å². The van der Waals surface area contributed by atoms with Crippen LogP contribution in [-0.4, -0.2) is 21.0 Å². The summed E-state index contributed by atoms with van der Waals surface area (Å²) in [5.41, 5.74) is 3.68. The van der Waals surface area contributed by atoms with E-state index in [9.17, 15) is 0 Å². The normalized spacial score (nSPS) is 12.6. The summed E-state index contributed by atoms with van der Waals surface area (Å²) in [6.07, 6.45) is 3.11. The van der Waals surface area contributed by atoms with Crippen LogP contribution >= 0.6 is 0 Å². The second-order valence-corrected chi connectivity index (χ2v) is 6.27. The Labute approximate surface area is 172 Å². The molecule has 5 heteroatoms. The van der Waals surface area contributed by atoms with Crippen molar-refractivity contribution < 1.29 is 23.5 Å². The molecule has 0 saturated carbocycles. The smallest absolute Gasteiger partial charge is 0.231 e. The lowest BCUT2D eigenvalue weighted by molar-refractivity contribution is -0.686. The highest BCUT2D eigenvalue weighted by atomic mass is 16.7. The first-order valence-corrected chi connectivity index (χ1v) is 10.3. The number of hydrogen-bond donors (Lipinski definition) is 0. The van der Waals surface area contributed by atoms with E-state index in [0.717, 1.165) is 46.7 Å². The molecule has 0 atom stereocenters. The summed E-state index contributed by atoms with van der Waals surface area (Å²) >= 11 is 0. The Hall–Kier alpha value is -2.95. The van der Waals surface area contributed by atoms with Gasteiger partial charge in [-0.1, -0.05) is 27.7 Å². The van der Waals surface area contributed by atoms with Gasteiger partial charge in [0.2, 0.25) is 12.5 Å². The molecule has 1 aromatic heterocycles. The summed E-state index contributed by atoms with van der Waals surface area (Å²) in [6, 6.07) is 10.4. The maximum absolute atomic E-state index is 5.60. The number of pyridine rings is 1. The topological polar surface area (TPSA) is 40.8 Å². The summed E-state index contributed by atoms with van der Waals surface area (Å²) < 4.78 is 24.4. The van der Waals surface area contributed by atoms with Crippen molar-refractivity contribution in [1.29, 1.82) is 0 Å². The molecule has 3 aromatic rings. The largest absolute Gasteiger partial charge is 0.493 e. The first-order chi connectivity index (χ1) is 14.3. The van der Waals surface area contributed by atoms with Crippen LogP contribution in [0, 0.1) is 0 Å². The minimum absolute atomic E-state index is 0.299. The van der Waals surface area contributed by atoms with Crippen molar-refractivity contribution in [2.45, 2.75) is 40.7 Å². The minimum atomic E-state index is 0.299. The van der Waals surface area contributed by atoms with Crippen LogP contribution in [0.15, 0.2) is 36.5 Å². The highest BCUT2D eigenvalue weighted by Crippen LogP contribution is 2.41. The Morgan fingerprint density at radius 1 is 0.897 bits per heavy atom. The fourth-order valence-electron chi connectivity index (χ4n) is 3.77. The average Bonchev–Trinajstić information content (AvgIpc) is 3.25. The quantitative estimate of drug-likeness (QED) is 0.562.